The number of ether oxygens (including phenoxy) is 2. The number of carbonyl (C=O) groups excluding carboxylic acids is 1. The summed E-state index contributed by atoms with van der Waals surface area (Å²) >= 11 is 0. The van der Waals surface area contributed by atoms with Crippen LogP contribution in [0.4, 0.5) is 17.2 Å². The van der Waals surface area contributed by atoms with E-state index in [-0.39, 0.29) is 5.91 Å². The lowest BCUT2D eigenvalue weighted by molar-refractivity contribution is 0.102. The Bertz CT molecular complexity index is 985. The minimum absolute atomic E-state index is 0.252. The van der Waals surface area contributed by atoms with Gasteiger partial charge >= 0.3 is 0 Å². The van der Waals surface area contributed by atoms with Gasteiger partial charge in [0.05, 0.1) is 26.1 Å². The summed E-state index contributed by atoms with van der Waals surface area (Å²) in [4.78, 5) is 16.9. The fourth-order valence-corrected chi connectivity index (χ4v) is 2.73. The van der Waals surface area contributed by atoms with E-state index in [0.29, 0.717) is 28.6 Å². The van der Waals surface area contributed by atoms with Gasteiger partial charge in [0.15, 0.2) is 11.5 Å². The smallest absolute Gasteiger partial charge is 0.255 e. The van der Waals surface area contributed by atoms with E-state index in [1.807, 2.05) is 19.9 Å². The molecule has 0 saturated heterocycles. The van der Waals surface area contributed by atoms with Crippen molar-refractivity contribution in [3.63, 3.8) is 0 Å². The maximum absolute atomic E-state index is 12.5. The van der Waals surface area contributed by atoms with E-state index >= 15 is 0 Å². The average molecular weight is 377 g/mol. The second kappa shape index (κ2) is 8.43. The van der Waals surface area contributed by atoms with E-state index in [1.54, 1.807) is 37.6 Å². The van der Waals surface area contributed by atoms with Gasteiger partial charge in [0, 0.05) is 11.3 Å². The Morgan fingerprint density at radius 2 is 1.71 bits per heavy atom. The van der Waals surface area contributed by atoms with Crippen molar-refractivity contribution >= 4 is 23.1 Å². The van der Waals surface area contributed by atoms with Gasteiger partial charge in [0.1, 0.15) is 5.82 Å². The number of nitrogens with zero attached hydrogens (tertiary/aromatic N) is 1. The number of methoxy groups -OCH3 is 2. The first kappa shape index (κ1) is 19.2. The molecule has 1 heterocycles. The molecule has 0 fully saturated rings. The molecule has 0 bridgehead atoms. The standard InChI is InChI=1S/C22H23N3O3/c1-14-5-6-15(2)18(11-14)25-21-10-8-17(13-23-21)24-22(26)16-7-9-19(27-3)20(12-16)28-4/h5-13H,1-4H3,(H,23,25)(H,24,26). The van der Waals surface area contributed by atoms with Gasteiger partial charge in [-0.05, 0) is 61.4 Å². The van der Waals surface area contributed by atoms with Crippen molar-refractivity contribution in [3.8, 4) is 11.5 Å². The van der Waals surface area contributed by atoms with Crippen LogP contribution in [0.15, 0.2) is 54.7 Å². The van der Waals surface area contributed by atoms with E-state index in [0.717, 1.165) is 11.3 Å². The summed E-state index contributed by atoms with van der Waals surface area (Å²) in [5.41, 5.74) is 4.39. The Kier molecular flexibility index (Phi) is 5.79. The largest absolute Gasteiger partial charge is 0.493 e. The summed E-state index contributed by atoms with van der Waals surface area (Å²) in [6.07, 6.45) is 1.62. The van der Waals surface area contributed by atoms with Gasteiger partial charge < -0.3 is 20.1 Å². The van der Waals surface area contributed by atoms with Crippen molar-refractivity contribution in [2.45, 2.75) is 13.8 Å². The van der Waals surface area contributed by atoms with Gasteiger partial charge in [0.2, 0.25) is 0 Å². The first-order valence-electron chi connectivity index (χ1n) is 8.84. The fraction of sp³-hybridized carbons (Fsp3) is 0.182. The van der Waals surface area contributed by atoms with Crippen LogP contribution in [0.2, 0.25) is 0 Å². The average Bonchev–Trinajstić information content (AvgIpc) is 2.71. The minimum atomic E-state index is -0.252. The molecule has 3 aromatic rings. The van der Waals surface area contributed by atoms with E-state index in [9.17, 15) is 4.79 Å². The van der Waals surface area contributed by atoms with Crippen molar-refractivity contribution < 1.29 is 14.3 Å². The zero-order chi connectivity index (χ0) is 20.1. The molecular weight excluding hydrogens is 354 g/mol. The fourth-order valence-electron chi connectivity index (χ4n) is 2.73. The third kappa shape index (κ3) is 4.40. The normalized spacial score (nSPS) is 10.3. The van der Waals surface area contributed by atoms with Crippen LogP contribution in [-0.4, -0.2) is 25.1 Å². The SMILES string of the molecule is COc1ccc(C(=O)Nc2ccc(Nc3cc(C)ccc3C)nc2)cc1OC. The molecule has 2 aromatic carbocycles. The summed E-state index contributed by atoms with van der Waals surface area (Å²) in [5, 5.41) is 6.13. The minimum Gasteiger partial charge on any atom is -0.493 e. The van der Waals surface area contributed by atoms with E-state index in [1.165, 1.54) is 12.7 Å². The van der Waals surface area contributed by atoms with E-state index < -0.39 is 0 Å². The molecule has 6 heteroatoms. The van der Waals surface area contributed by atoms with Crippen molar-refractivity contribution in [1.82, 2.24) is 4.98 Å². The molecule has 28 heavy (non-hydrogen) atoms. The summed E-state index contributed by atoms with van der Waals surface area (Å²) in [7, 11) is 3.09. The molecule has 1 amide bonds. The maximum Gasteiger partial charge on any atom is 0.255 e. The number of aryl methyl sites for hydroxylation is 2. The zero-order valence-electron chi connectivity index (χ0n) is 16.4. The Morgan fingerprint density at radius 3 is 2.39 bits per heavy atom. The van der Waals surface area contributed by atoms with E-state index in [2.05, 4.69) is 33.8 Å². The van der Waals surface area contributed by atoms with Gasteiger partial charge in [-0.25, -0.2) is 4.98 Å². The number of hydrogen-bond donors (Lipinski definition) is 2. The summed E-state index contributed by atoms with van der Waals surface area (Å²) in [6.45, 7) is 4.09. The third-order valence-corrected chi connectivity index (χ3v) is 4.32. The number of hydrogen-bond acceptors (Lipinski definition) is 5. The molecule has 144 valence electrons. The molecule has 2 N–H and O–H groups in total. The van der Waals surface area contributed by atoms with Crippen LogP contribution in [0.3, 0.4) is 0 Å². The number of rotatable bonds is 6. The zero-order valence-corrected chi connectivity index (χ0v) is 16.4. The second-order valence-electron chi connectivity index (χ2n) is 6.40. The number of nitrogens with one attached hydrogen (secondary N) is 2. The Hall–Kier alpha value is -3.54. The van der Waals surface area contributed by atoms with Crippen LogP contribution < -0.4 is 20.1 Å². The Morgan fingerprint density at radius 1 is 0.929 bits per heavy atom. The molecule has 0 aliphatic heterocycles. The number of amides is 1. The molecule has 0 atom stereocenters. The summed E-state index contributed by atoms with van der Waals surface area (Å²) in [5.74, 6) is 1.53. The highest BCUT2D eigenvalue weighted by atomic mass is 16.5. The van der Waals surface area contributed by atoms with Gasteiger partial charge in [-0.15, -0.1) is 0 Å². The van der Waals surface area contributed by atoms with Crippen molar-refractivity contribution in [2.75, 3.05) is 24.9 Å². The highest BCUT2D eigenvalue weighted by Gasteiger charge is 2.11. The lowest BCUT2D eigenvalue weighted by Crippen LogP contribution is -2.12. The van der Waals surface area contributed by atoms with Gasteiger partial charge in [0.25, 0.3) is 5.91 Å². The quantitative estimate of drug-likeness (QED) is 0.651. The van der Waals surface area contributed by atoms with Gasteiger partial charge in [-0.1, -0.05) is 12.1 Å². The van der Waals surface area contributed by atoms with Crippen LogP contribution in [0.25, 0.3) is 0 Å². The summed E-state index contributed by atoms with van der Waals surface area (Å²) in [6, 6.07) is 14.9. The maximum atomic E-state index is 12.5. The van der Waals surface area contributed by atoms with Crippen LogP contribution >= 0.6 is 0 Å². The molecule has 0 aliphatic rings. The second-order valence-corrected chi connectivity index (χ2v) is 6.40. The lowest BCUT2D eigenvalue weighted by Gasteiger charge is -2.11. The Balaban J connectivity index is 1.70. The number of carbonyl (C=O) groups is 1. The highest BCUT2D eigenvalue weighted by Crippen LogP contribution is 2.28. The lowest BCUT2D eigenvalue weighted by atomic mass is 10.1. The molecule has 6 nitrogen and oxygen atoms in total. The molecule has 0 spiro atoms. The van der Waals surface area contributed by atoms with Crippen LogP contribution in [-0.2, 0) is 0 Å². The number of benzene rings is 2. The monoisotopic (exact) mass is 377 g/mol. The van der Waals surface area contributed by atoms with Crippen molar-refractivity contribution in [2.24, 2.45) is 0 Å². The summed E-state index contributed by atoms with van der Waals surface area (Å²) < 4.78 is 10.4. The Labute approximate surface area is 164 Å². The number of pyridine rings is 1. The first-order valence-corrected chi connectivity index (χ1v) is 8.84. The van der Waals surface area contributed by atoms with Gasteiger partial charge in [-0.3, -0.25) is 4.79 Å². The predicted octanol–water partition coefficient (Wildman–Crippen LogP) is 4.71. The van der Waals surface area contributed by atoms with Crippen molar-refractivity contribution in [1.29, 1.82) is 0 Å². The third-order valence-electron chi connectivity index (χ3n) is 4.32. The molecular formula is C22H23N3O3. The van der Waals surface area contributed by atoms with Crippen LogP contribution in [0.1, 0.15) is 21.5 Å². The van der Waals surface area contributed by atoms with Crippen LogP contribution in [0, 0.1) is 13.8 Å². The number of aromatic nitrogens is 1. The number of anilines is 3. The van der Waals surface area contributed by atoms with Gasteiger partial charge in [-0.2, -0.15) is 0 Å². The van der Waals surface area contributed by atoms with Crippen molar-refractivity contribution in [3.05, 3.63) is 71.4 Å². The van der Waals surface area contributed by atoms with Crippen LogP contribution in [0.5, 0.6) is 11.5 Å². The molecule has 0 radical (unpaired) electrons. The molecule has 1 aromatic heterocycles. The highest BCUT2D eigenvalue weighted by molar-refractivity contribution is 6.04. The topological polar surface area (TPSA) is 72.5 Å². The van der Waals surface area contributed by atoms with E-state index in [4.69, 9.17) is 9.47 Å². The molecule has 3 rings (SSSR count). The molecule has 0 unspecified atom stereocenters. The molecule has 0 saturated carbocycles. The predicted molar refractivity (Wildman–Crippen MR) is 111 cm³/mol. The molecule has 0 aliphatic carbocycles. The first-order chi connectivity index (χ1) is 13.5.